The molecule has 1 amide bonds. The van der Waals surface area contributed by atoms with Crippen LogP contribution in [-0.2, 0) is 14.3 Å². The predicted octanol–water partition coefficient (Wildman–Crippen LogP) is 1.67. The molecule has 2 aliphatic heterocycles. The van der Waals surface area contributed by atoms with E-state index in [4.69, 9.17) is 4.74 Å². The van der Waals surface area contributed by atoms with Gasteiger partial charge in [-0.15, -0.1) is 10.2 Å². The average molecular weight is 385 g/mol. The van der Waals surface area contributed by atoms with Gasteiger partial charge in [0.25, 0.3) is 0 Å². The Balaban J connectivity index is 1.43. The Morgan fingerprint density at radius 3 is 2.89 bits per heavy atom. The highest BCUT2D eigenvalue weighted by Gasteiger charge is 2.34. The molecule has 4 rings (SSSR count). The lowest BCUT2D eigenvalue weighted by Crippen LogP contribution is -2.46. The Morgan fingerprint density at radius 2 is 2.04 bits per heavy atom. The molecule has 150 valence electrons. The topological polar surface area (TPSA) is 80.0 Å². The van der Waals surface area contributed by atoms with Crippen molar-refractivity contribution in [2.45, 2.75) is 38.6 Å². The van der Waals surface area contributed by atoms with Crippen LogP contribution in [-0.4, -0.2) is 69.1 Å². The molecule has 0 bridgehead atoms. The number of pyridine rings is 1. The normalized spacial score (nSPS) is 23.2. The second kappa shape index (κ2) is 8.26. The first-order chi connectivity index (χ1) is 13.7. The minimum absolute atomic E-state index is 0.0784. The van der Waals surface area contributed by atoms with E-state index in [1.807, 2.05) is 40.6 Å². The number of carbonyl (C=O) groups excluding carboxylic acids is 2. The van der Waals surface area contributed by atoms with Gasteiger partial charge in [0.15, 0.2) is 11.5 Å². The average Bonchev–Trinajstić information content (AvgIpc) is 3.34. The molecule has 0 unspecified atom stereocenters. The van der Waals surface area contributed by atoms with Crippen molar-refractivity contribution in [3.8, 4) is 0 Å². The van der Waals surface area contributed by atoms with Gasteiger partial charge in [-0.05, 0) is 51.3 Å². The Bertz CT molecular complexity index is 851. The summed E-state index contributed by atoms with van der Waals surface area (Å²) in [5, 5.41) is 8.64. The molecule has 2 aliphatic rings. The van der Waals surface area contributed by atoms with Crippen molar-refractivity contribution in [3.63, 3.8) is 0 Å². The number of ether oxygens (including phenoxy) is 1. The smallest absolute Gasteiger partial charge is 0.310 e. The van der Waals surface area contributed by atoms with Gasteiger partial charge in [0.05, 0.1) is 25.1 Å². The second-order valence-corrected chi connectivity index (χ2v) is 7.55. The first-order valence-corrected chi connectivity index (χ1v) is 10.2. The van der Waals surface area contributed by atoms with E-state index in [2.05, 4.69) is 15.1 Å². The van der Waals surface area contributed by atoms with Crippen LogP contribution < -0.4 is 0 Å². The summed E-state index contributed by atoms with van der Waals surface area (Å²) in [6.45, 7) is 4.58. The largest absolute Gasteiger partial charge is 0.466 e. The zero-order valence-electron chi connectivity index (χ0n) is 16.3. The molecule has 8 heteroatoms. The van der Waals surface area contributed by atoms with E-state index in [9.17, 15) is 9.59 Å². The fourth-order valence-corrected chi connectivity index (χ4v) is 4.32. The van der Waals surface area contributed by atoms with Crippen molar-refractivity contribution in [1.29, 1.82) is 0 Å². The van der Waals surface area contributed by atoms with Crippen molar-refractivity contribution < 1.29 is 14.3 Å². The second-order valence-electron chi connectivity index (χ2n) is 7.55. The number of hydrogen-bond donors (Lipinski definition) is 0. The van der Waals surface area contributed by atoms with Crippen molar-refractivity contribution in [1.82, 2.24) is 24.4 Å². The van der Waals surface area contributed by atoms with Crippen LogP contribution in [0.1, 0.15) is 44.5 Å². The van der Waals surface area contributed by atoms with E-state index < -0.39 is 0 Å². The maximum Gasteiger partial charge on any atom is 0.310 e. The summed E-state index contributed by atoms with van der Waals surface area (Å²) in [5.74, 6) is 0.583. The highest BCUT2D eigenvalue weighted by molar-refractivity contribution is 5.80. The zero-order chi connectivity index (χ0) is 19.5. The molecule has 28 heavy (non-hydrogen) atoms. The lowest BCUT2D eigenvalue weighted by Gasteiger charge is -2.33. The number of hydrogen-bond acceptors (Lipinski definition) is 6. The molecule has 2 atom stereocenters. The summed E-state index contributed by atoms with van der Waals surface area (Å²) < 4.78 is 7.15. The van der Waals surface area contributed by atoms with E-state index in [-0.39, 0.29) is 23.8 Å². The van der Waals surface area contributed by atoms with E-state index in [0.29, 0.717) is 26.2 Å². The number of rotatable bonds is 5. The minimum Gasteiger partial charge on any atom is -0.466 e. The molecule has 0 radical (unpaired) electrons. The predicted molar refractivity (Wildman–Crippen MR) is 102 cm³/mol. The van der Waals surface area contributed by atoms with Crippen LogP contribution in [0.3, 0.4) is 0 Å². The van der Waals surface area contributed by atoms with Gasteiger partial charge in [0, 0.05) is 19.3 Å². The molecule has 0 N–H and O–H groups in total. The van der Waals surface area contributed by atoms with Gasteiger partial charge in [0.1, 0.15) is 0 Å². The first-order valence-electron chi connectivity index (χ1n) is 10.2. The molecular weight excluding hydrogens is 358 g/mol. The number of carbonyl (C=O) groups is 2. The van der Waals surface area contributed by atoms with Gasteiger partial charge in [-0.1, -0.05) is 6.07 Å². The van der Waals surface area contributed by atoms with Crippen molar-refractivity contribution >= 4 is 17.5 Å². The van der Waals surface area contributed by atoms with Crippen LogP contribution in [0, 0.1) is 5.92 Å². The standard InChI is InChI=1S/C20H27N5O3/c1-2-28-20(27)15-7-5-11-24(13-15)18(26)14-23-10-6-8-16(23)19-22-21-17-9-3-4-12-25(17)19/h3-4,9,12,15-16H,2,5-8,10-11,13-14H2,1H3/t15-,16-/m1/s1. The lowest BCUT2D eigenvalue weighted by molar-refractivity contribution is -0.151. The number of aromatic nitrogens is 3. The molecule has 2 fully saturated rings. The summed E-state index contributed by atoms with van der Waals surface area (Å²) in [4.78, 5) is 29.0. The highest BCUT2D eigenvalue weighted by atomic mass is 16.5. The monoisotopic (exact) mass is 385 g/mol. The third-order valence-electron chi connectivity index (χ3n) is 5.73. The molecule has 0 aliphatic carbocycles. The number of esters is 1. The van der Waals surface area contributed by atoms with Crippen molar-refractivity contribution in [2.75, 3.05) is 32.8 Å². The van der Waals surface area contributed by atoms with Crippen LogP contribution in [0.2, 0.25) is 0 Å². The molecule has 0 aromatic carbocycles. The van der Waals surface area contributed by atoms with Gasteiger partial charge in [0.2, 0.25) is 5.91 Å². The van der Waals surface area contributed by atoms with Gasteiger partial charge >= 0.3 is 5.97 Å². The number of amides is 1. The maximum absolute atomic E-state index is 12.9. The maximum atomic E-state index is 12.9. The van der Waals surface area contributed by atoms with Crippen LogP contribution in [0.4, 0.5) is 0 Å². The molecule has 2 aromatic heterocycles. The number of piperidine rings is 1. The van der Waals surface area contributed by atoms with Gasteiger partial charge < -0.3 is 9.64 Å². The SMILES string of the molecule is CCOC(=O)[C@@H]1CCCN(C(=O)CN2CCC[C@@H]2c2nnc3ccccn23)C1. The number of nitrogens with zero attached hydrogens (tertiary/aromatic N) is 5. The summed E-state index contributed by atoms with van der Waals surface area (Å²) in [6, 6.07) is 5.93. The minimum atomic E-state index is -0.201. The number of likely N-dealkylation sites (tertiary alicyclic amines) is 2. The fourth-order valence-electron chi connectivity index (χ4n) is 4.32. The summed E-state index contributed by atoms with van der Waals surface area (Å²) >= 11 is 0. The first kappa shape index (κ1) is 18.9. The molecular formula is C20H27N5O3. The van der Waals surface area contributed by atoms with E-state index in [1.54, 1.807) is 0 Å². The third-order valence-corrected chi connectivity index (χ3v) is 5.73. The summed E-state index contributed by atoms with van der Waals surface area (Å²) in [7, 11) is 0. The van der Waals surface area contributed by atoms with Gasteiger partial charge in [-0.3, -0.25) is 18.9 Å². The molecule has 0 saturated carbocycles. The Kier molecular flexibility index (Phi) is 5.57. The zero-order valence-corrected chi connectivity index (χ0v) is 16.3. The number of fused-ring (bicyclic) bond motifs is 1. The third kappa shape index (κ3) is 3.73. The Morgan fingerprint density at radius 1 is 1.18 bits per heavy atom. The molecule has 4 heterocycles. The highest BCUT2D eigenvalue weighted by Crippen LogP contribution is 2.31. The van der Waals surface area contributed by atoms with E-state index in [1.165, 1.54) is 0 Å². The van der Waals surface area contributed by atoms with Crippen LogP contribution in [0.15, 0.2) is 24.4 Å². The summed E-state index contributed by atoms with van der Waals surface area (Å²) in [5.41, 5.74) is 0.823. The van der Waals surface area contributed by atoms with E-state index in [0.717, 1.165) is 43.7 Å². The Hall–Kier alpha value is -2.48. The van der Waals surface area contributed by atoms with Crippen LogP contribution in [0.5, 0.6) is 0 Å². The van der Waals surface area contributed by atoms with E-state index >= 15 is 0 Å². The van der Waals surface area contributed by atoms with Crippen LogP contribution in [0.25, 0.3) is 5.65 Å². The van der Waals surface area contributed by atoms with Crippen molar-refractivity contribution in [2.24, 2.45) is 5.92 Å². The van der Waals surface area contributed by atoms with Crippen LogP contribution >= 0.6 is 0 Å². The molecule has 2 saturated heterocycles. The van der Waals surface area contributed by atoms with Gasteiger partial charge in [-0.2, -0.15) is 0 Å². The summed E-state index contributed by atoms with van der Waals surface area (Å²) in [6.07, 6.45) is 5.60. The molecule has 0 spiro atoms. The fraction of sp³-hybridized carbons (Fsp3) is 0.600. The lowest BCUT2D eigenvalue weighted by atomic mass is 9.98. The van der Waals surface area contributed by atoms with Gasteiger partial charge in [-0.25, -0.2) is 0 Å². The molecule has 2 aromatic rings. The quantitative estimate of drug-likeness (QED) is 0.729. The molecule has 8 nitrogen and oxygen atoms in total. The van der Waals surface area contributed by atoms with Crippen molar-refractivity contribution in [3.05, 3.63) is 30.2 Å². The Labute approximate surface area is 164 Å².